The van der Waals surface area contributed by atoms with Gasteiger partial charge in [-0.15, -0.1) is 0 Å². The molecule has 0 fully saturated rings. The molecule has 1 aliphatic heterocycles. The molecule has 3 nitrogen and oxygen atoms in total. The van der Waals surface area contributed by atoms with Crippen molar-refractivity contribution in [2.24, 2.45) is 0 Å². The largest absolute Gasteiger partial charge is 0.269 e. The van der Waals surface area contributed by atoms with Crippen LogP contribution in [-0.2, 0) is 9.59 Å². The molecule has 0 radical (unpaired) electrons. The van der Waals surface area contributed by atoms with Crippen LogP contribution in [0.15, 0.2) is 27.5 Å². The van der Waals surface area contributed by atoms with Gasteiger partial charge in [0.25, 0.3) is 11.8 Å². The molecule has 0 aromatic heterocycles. The predicted octanol–water partition coefficient (Wildman–Crippen LogP) is 5.26. The highest BCUT2D eigenvalue weighted by Gasteiger charge is 2.35. The number of nitrogens with zero attached hydrogens (tertiary/aromatic N) is 1. The number of halogens is 2. The molecule has 0 spiro atoms. The number of imide groups is 1. The van der Waals surface area contributed by atoms with Crippen molar-refractivity contribution in [3.8, 4) is 0 Å². The molecule has 0 saturated carbocycles. The first-order chi connectivity index (χ1) is 10.9. The van der Waals surface area contributed by atoms with Gasteiger partial charge in [0.1, 0.15) is 0 Å². The lowest BCUT2D eigenvalue weighted by molar-refractivity contribution is -0.120. The van der Waals surface area contributed by atoms with Crippen LogP contribution in [0.5, 0.6) is 0 Å². The SMILES string of the molecule is C=P(C)(C)C(Br)=Cc1cc(N2C(=O)C(C)=C(C)C2=O)c(C)cc1Cl. The van der Waals surface area contributed by atoms with Crippen molar-refractivity contribution >= 4 is 64.3 Å². The van der Waals surface area contributed by atoms with E-state index < -0.39 is 6.89 Å². The summed E-state index contributed by atoms with van der Waals surface area (Å²) in [7, 11) is 0. The van der Waals surface area contributed by atoms with Crippen molar-refractivity contribution in [3.63, 3.8) is 0 Å². The molecule has 1 aliphatic rings. The Balaban J connectivity index is 2.59. The molecule has 1 aromatic rings. The Bertz CT molecular complexity index is 840. The van der Waals surface area contributed by atoms with Gasteiger partial charge in [-0.25, -0.2) is 4.90 Å². The van der Waals surface area contributed by atoms with Crippen molar-refractivity contribution in [2.45, 2.75) is 20.8 Å². The number of carbonyl (C=O) groups excluding carboxylic acids is 2. The third-order valence-electron chi connectivity index (χ3n) is 4.02. The molecule has 24 heavy (non-hydrogen) atoms. The minimum absolute atomic E-state index is 0.276. The first-order valence-corrected chi connectivity index (χ1v) is 11.4. The Labute approximate surface area is 156 Å². The summed E-state index contributed by atoms with van der Waals surface area (Å²) in [6.45, 7) is 7.88. The molecule has 128 valence electrons. The minimum Gasteiger partial charge on any atom is -0.269 e. The van der Waals surface area contributed by atoms with E-state index in [1.807, 2.05) is 13.0 Å². The lowest BCUT2D eigenvalue weighted by Gasteiger charge is -2.19. The first-order valence-electron chi connectivity index (χ1n) is 7.37. The van der Waals surface area contributed by atoms with Crippen LogP contribution in [0.25, 0.3) is 6.08 Å². The molecule has 0 unspecified atom stereocenters. The number of benzene rings is 1. The van der Waals surface area contributed by atoms with Gasteiger partial charge in [-0.1, -0.05) is 40.7 Å². The number of carbonyl (C=O) groups is 2. The van der Waals surface area contributed by atoms with Crippen LogP contribution in [0.2, 0.25) is 5.02 Å². The number of rotatable bonds is 3. The van der Waals surface area contributed by atoms with Crippen LogP contribution in [-0.4, -0.2) is 31.4 Å². The van der Waals surface area contributed by atoms with Crippen molar-refractivity contribution in [2.75, 3.05) is 18.2 Å². The molecular weight excluding hydrogens is 409 g/mol. The summed E-state index contributed by atoms with van der Waals surface area (Å²) >= 11 is 9.93. The number of hydrogen-bond donors (Lipinski definition) is 0. The van der Waals surface area contributed by atoms with Gasteiger partial charge >= 0.3 is 0 Å². The van der Waals surface area contributed by atoms with E-state index in [-0.39, 0.29) is 11.8 Å². The van der Waals surface area contributed by atoms with Crippen LogP contribution in [0.4, 0.5) is 5.69 Å². The molecule has 1 heterocycles. The Morgan fingerprint density at radius 1 is 1.17 bits per heavy atom. The molecule has 2 amide bonds. The summed E-state index contributed by atoms with van der Waals surface area (Å²) in [6.07, 6.45) is 6.11. The standard InChI is InChI=1S/C18H20BrClNO2P/c1-10-7-14(20)13(9-16(19)24(4,5)6)8-15(10)21-17(22)11(2)12(3)18(21)23/h7-9H,4H2,1-3,5-6H3. The maximum atomic E-state index is 12.4. The van der Waals surface area contributed by atoms with E-state index in [2.05, 4.69) is 35.6 Å². The Morgan fingerprint density at radius 3 is 2.12 bits per heavy atom. The second-order valence-corrected chi connectivity index (χ2v) is 12.2. The highest BCUT2D eigenvalue weighted by Crippen LogP contribution is 2.50. The van der Waals surface area contributed by atoms with Crippen molar-refractivity contribution < 1.29 is 9.59 Å². The van der Waals surface area contributed by atoms with E-state index in [1.54, 1.807) is 26.0 Å². The molecule has 1 aromatic carbocycles. The molecule has 0 N–H and O–H groups in total. The number of anilines is 1. The molecule has 0 aliphatic carbocycles. The monoisotopic (exact) mass is 427 g/mol. The molecule has 2 rings (SSSR count). The summed E-state index contributed by atoms with van der Waals surface area (Å²) in [5.41, 5.74) is 3.07. The van der Waals surface area contributed by atoms with E-state index in [0.29, 0.717) is 21.9 Å². The normalized spacial score (nSPS) is 16.5. The van der Waals surface area contributed by atoms with E-state index >= 15 is 0 Å². The van der Waals surface area contributed by atoms with Crippen molar-refractivity contribution in [1.82, 2.24) is 0 Å². The van der Waals surface area contributed by atoms with Gasteiger partial charge in [-0.2, -0.15) is 0 Å². The van der Waals surface area contributed by atoms with Gasteiger partial charge < -0.3 is 0 Å². The van der Waals surface area contributed by atoms with Gasteiger partial charge in [-0.3, -0.25) is 9.59 Å². The molecule has 0 bridgehead atoms. The smallest absolute Gasteiger partial charge is 0.261 e. The van der Waals surface area contributed by atoms with E-state index in [9.17, 15) is 9.59 Å². The summed E-state index contributed by atoms with van der Waals surface area (Å²) in [5.74, 6) is -0.552. The van der Waals surface area contributed by atoms with E-state index in [1.165, 1.54) is 4.90 Å². The number of amides is 2. The second kappa shape index (κ2) is 6.67. The molecule has 0 saturated heterocycles. The van der Waals surface area contributed by atoms with Crippen molar-refractivity contribution in [3.05, 3.63) is 43.7 Å². The summed E-state index contributed by atoms with van der Waals surface area (Å²) < 4.78 is 0.983. The summed E-state index contributed by atoms with van der Waals surface area (Å²) in [4.78, 5) is 26.1. The van der Waals surface area contributed by atoms with Gasteiger partial charge in [0.2, 0.25) is 0 Å². The number of aryl methyl sites for hydroxylation is 1. The Hall–Kier alpha value is -1.09. The van der Waals surface area contributed by atoms with Crippen LogP contribution >= 0.6 is 34.4 Å². The van der Waals surface area contributed by atoms with Crippen LogP contribution in [0, 0.1) is 6.92 Å². The fourth-order valence-electron chi connectivity index (χ4n) is 2.30. The third-order valence-corrected chi connectivity index (χ3v) is 8.74. The van der Waals surface area contributed by atoms with Gasteiger partial charge in [0.05, 0.1) is 5.69 Å². The zero-order valence-electron chi connectivity index (χ0n) is 14.4. The maximum Gasteiger partial charge on any atom is 0.261 e. The van der Waals surface area contributed by atoms with Crippen LogP contribution in [0.1, 0.15) is 25.0 Å². The topological polar surface area (TPSA) is 37.4 Å². The highest BCUT2D eigenvalue weighted by molar-refractivity contribution is 9.13. The zero-order chi connectivity index (χ0) is 18.4. The van der Waals surface area contributed by atoms with Crippen LogP contribution < -0.4 is 4.90 Å². The summed E-state index contributed by atoms with van der Waals surface area (Å²) in [5, 5.41) is 0.571. The first kappa shape index (κ1) is 19.2. The zero-order valence-corrected chi connectivity index (χ0v) is 17.6. The number of hydrogen-bond acceptors (Lipinski definition) is 2. The second-order valence-electron chi connectivity index (χ2n) is 6.51. The average molecular weight is 429 g/mol. The van der Waals surface area contributed by atoms with Crippen LogP contribution in [0.3, 0.4) is 0 Å². The fourth-order valence-corrected chi connectivity index (χ4v) is 3.31. The molecule has 0 atom stereocenters. The predicted molar refractivity (Wildman–Crippen MR) is 110 cm³/mol. The van der Waals surface area contributed by atoms with E-state index in [4.69, 9.17) is 11.6 Å². The van der Waals surface area contributed by atoms with Gasteiger partial charge in [0.15, 0.2) is 0 Å². The van der Waals surface area contributed by atoms with E-state index in [0.717, 1.165) is 15.4 Å². The third kappa shape index (κ3) is 3.46. The lowest BCUT2D eigenvalue weighted by Crippen LogP contribution is -2.32. The minimum atomic E-state index is -1.47. The highest BCUT2D eigenvalue weighted by atomic mass is 79.9. The quantitative estimate of drug-likeness (QED) is 0.486. The van der Waals surface area contributed by atoms with Gasteiger partial charge in [0, 0.05) is 20.4 Å². The summed E-state index contributed by atoms with van der Waals surface area (Å²) in [6, 6.07) is 3.57. The average Bonchev–Trinajstić information content (AvgIpc) is 2.65. The molecular formula is C18H20BrClNO2P. The van der Waals surface area contributed by atoms with Crippen molar-refractivity contribution in [1.29, 1.82) is 0 Å². The van der Waals surface area contributed by atoms with Gasteiger partial charge in [-0.05, 0) is 63.4 Å². The maximum absolute atomic E-state index is 12.4. The fraction of sp³-hybridized carbons (Fsp3) is 0.278. The lowest BCUT2D eigenvalue weighted by atomic mass is 10.1. The molecule has 6 heteroatoms. The Kier molecular flexibility index (Phi) is 5.34. The Morgan fingerprint density at radius 2 is 1.67 bits per heavy atom.